The van der Waals surface area contributed by atoms with Gasteiger partial charge in [0.2, 0.25) is 5.91 Å². The number of thioether (sulfide) groups is 1. The van der Waals surface area contributed by atoms with Gasteiger partial charge in [0, 0.05) is 10.9 Å². The Labute approximate surface area is 212 Å². The van der Waals surface area contributed by atoms with Crippen LogP contribution >= 0.6 is 11.8 Å². The highest BCUT2D eigenvalue weighted by Gasteiger charge is 2.28. The van der Waals surface area contributed by atoms with Gasteiger partial charge in [0.1, 0.15) is 12.6 Å². The van der Waals surface area contributed by atoms with Crippen LogP contribution in [0.1, 0.15) is 52.3 Å². The Bertz CT molecular complexity index is 946. The molecule has 2 atom stereocenters. The maximum Gasteiger partial charge on any atom is 0.408 e. The second-order valence-electron chi connectivity index (χ2n) is 9.84. The Hall–Kier alpha value is -2.87. The van der Waals surface area contributed by atoms with E-state index in [1.165, 1.54) is 0 Å². The van der Waals surface area contributed by atoms with Crippen molar-refractivity contribution in [3.63, 3.8) is 0 Å². The summed E-state index contributed by atoms with van der Waals surface area (Å²) in [4.78, 5) is 42.9. The van der Waals surface area contributed by atoms with Gasteiger partial charge in [0.25, 0.3) is 0 Å². The predicted octanol–water partition coefficient (Wildman–Crippen LogP) is 4.55. The molecule has 8 heteroatoms. The van der Waals surface area contributed by atoms with Gasteiger partial charge in [-0.15, -0.1) is 11.8 Å². The minimum atomic E-state index is -0.826. The van der Waals surface area contributed by atoms with Crippen molar-refractivity contribution in [2.24, 2.45) is 5.92 Å². The quantitative estimate of drug-likeness (QED) is 0.445. The summed E-state index contributed by atoms with van der Waals surface area (Å²) >= 11 is 1.55. The van der Waals surface area contributed by atoms with E-state index >= 15 is 0 Å². The van der Waals surface area contributed by atoms with Crippen LogP contribution in [0.2, 0.25) is 0 Å². The smallest absolute Gasteiger partial charge is 0.408 e. The van der Waals surface area contributed by atoms with Gasteiger partial charge in [-0.05, 0) is 36.5 Å². The molecular formula is C27H37N3O4S. The molecule has 0 unspecified atom stereocenters. The number of carbonyl (C=O) groups excluding carboxylic acids is 3. The van der Waals surface area contributed by atoms with Crippen LogP contribution in [-0.2, 0) is 27.4 Å². The van der Waals surface area contributed by atoms with E-state index in [-0.39, 0.29) is 28.8 Å². The summed E-state index contributed by atoms with van der Waals surface area (Å²) in [6.07, 6.45) is 1.71. The van der Waals surface area contributed by atoms with Crippen molar-refractivity contribution in [1.82, 2.24) is 15.6 Å². The molecule has 2 rings (SSSR count). The fraction of sp³-hybridized carbons (Fsp3) is 0.481. The van der Waals surface area contributed by atoms with Crippen molar-refractivity contribution < 1.29 is 19.1 Å². The number of aromatic nitrogens is 1. The summed E-state index contributed by atoms with van der Waals surface area (Å²) in [5.41, 5.74) is 1.56. The Morgan fingerprint density at radius 2 is 1.66 bits per heavy atom. The lowest BCUT2D eigenvalue weighted by molar-refractivity contribution is -0.128. The molecule has 2 amide bonds. The molecule has 0 aliphatic heterocycles. The first-order valence-corrected chi connectivity index (χ1v) is 12.9. The predicted molar refractivity (Wildman–Crippen MR) is 140 cm³/mol. The zero-order valence-electron chi connectivity index (χ0n) is 21.2. The maximum absolute atomic E-state index is 13.2. The number of ether oxygens (including phenoxy) is 1. The zero-order valence-corrected chi connectivity index (χ0v) is 22.1. The number of carbonyl (C=O) groups is 3. The normalized spacial score (nSPS) is 13.1. The molecule has 2 aromatic rings. The first kappa shape index (κ1) is 28.4. The topological polar surface area (TPSA) is 97.4 Å². The second kappa shape index (κ2) is 13.9. The van der Waals surface area contributed by atoms with Crippen LogP contribution in [0.3, 0.4) is 0 Å². The van der Waals surface area contributed by atoms with Gasteiger partial charge in [-0.2, -0.15) is 0 Å². The Kier molecular flexibility index (Phi) is 11.2. The number of amides is 2. The van der Waals surface area contributed by atoms with E-state index in [1.807, 2.05) is 44.2 Å². The number of alkyl carbamates (subject to hydrolysis) is 1. The number of pyridine rings is 1. The van der Waals surface area contributed by atoms with Crippen molar-refractivity contribution in [3.05, 3.63) is 66.0 Å². The van der Waals surface area contributed by atoms with E-state index < -0.39 is 24.1 Å². The summed E-state index contributed by atoms with van der Waals surface area (Å²) in [6.45, 7) is 10.1. The van der Waals surface area contributed by atoms with Gasteiger partial charge in [-0.25, -0.2) is 4.79 Å². The molecule has 1 aromatic heterocycles. The maximum atomic E-state index is 13.2. The third-order valence-electron chi connectivity index (χ3n) is 5.03. The highest BCUT2D eigenvalue weighted by Crippen LogP contribution is 2.23. The molecule has 1 heterocycles. The molecule has 0 aliphatic carbocycles. The minimum Gasteiger partial charge on any atom is -0.443 e. The average molecular weight is 500 g/mol. The van der Waals surface area contributed by atoms with E-state index in [0.29, 0.717) is 18.5 Å². The second-order valence-corrected chi connectivity index (χ2v) is 11.6. The molecule has 0 fully saturated rings. The number of nitrogens with one attached hydrogen (secondary N) is 2. The average Bonchev–Trinajstić information content (AvgIpc) is 2.81. The zero-order chi connectivity index (χ0) is 25.8. The molecule has 7 nitrogen and oxygen atoms in total. The first-order valence-electron chi connectivity index (χ1n) is 11.9. The van der Waals surface area contributed by atoms with Crippen molar-refractivity contribution in [2.75, 3.05) is 5.75 Å². The van der Waals surface area contributed by atoms with Gasteiger partial charge in [0.05, 0.1) is 17.5 Å². The molecule has 35 heavy (non-hydrogen) atoms. The molecule has 2 N–H and O–H groups in total. The van der Waals surface area contributed by atoms with Crippen LogP contribution in [0.25, 0.3) is 0 Å². The van der Waals surface area contributed by atoms with Crippen LogP contribution in [0.4, 0.5) is 4.79 Å². The van der Waals surface area contributed by atoms with E-state index in [0.717, 1.165) is 5.56 Å². The fourth-order valence-electron chi connectivity index (χ4n) is 3.27. The van der Waals surface area contributed by atoms with Crippen molar-refractivity contribution >= 4 is 29.5 Å². The Morgan fingerprint density at radius 3 is 2.26 bits per heavy atom. The number of hydrogen-bond acceptors (Lipinski definition) is 6. The van der Waals surface area contributed by atoms with Crippen LogP contribution in [0.15, 0.2) is 54.7 Å². The van der Waals surface area contributed by atoms with Crippen LogP contribution in [0, 0.1) is 5.92 Å². The van der Waals surface area contributed by atoms with E-state index in [2.05, 4.69) is 36.4 Å². The van der Waals surface area contributed by atoms with Gasteiger partial charge >= 0.3 is 6.09 Å². The van der Waals surface area contributed by atoms with Gasteiger partial charge in [0.15, 0.2) is 5.78 Å². The summed E-state index contributed by atoms with van der Waals surface area (Å²) in [6, 6.07) is 13.4. The molecule has 0 radical (unpaired) electrons. The summed E-state index contributed by atoms with van der Waals surface area (Å²) in [7, 11) is 0. The standard InChI is InChI=1S/C27H37N3O4S/c1-19(2)15-23(30-26(33)34-17-21-13-9-10-14-28-21)25(32)29-22(16-20-11-7-6-8-12-20)24(31)18-35-27(3,4)5/h6-14,19,22-23H,15-18H2,1-5H3,(H,29,32)(H,30,33)/t22-,23-/m0/s1. The highest BCUT2D eigenvalue weighted by atomic mass is 32.2. The molecule has 0 spiro atoms. The SMILES string of the molecule is CC(C)C[C@H](NC(=O)OCc1ccccn1)C(=O)N[C@@H](Cc1ccccc1)C(=O)CSC(C)(C)C. The monoisotopic (exact) mass is 499 g/mol. The molecule has 190 valence electrons. The lowest BCUT2D eigenvalue weighted by atomic mass is 10.00. The number of hydrogen-bond donors (Lipinski definition) is 2. The minimum absolute atomic E-state index is 0.00182. The molecule has 0 saturated carbocycles. The van der Waals surface area contributed by atoms with E-state index in [9.17, 15) is 14.4 Å². The molecule has 1 aromatic carbocycles. The van der Waals surface area contributed by atoms with Crippen molar-refractivity contribution in [1.29, 1.82) is 0 Å². The molecular weight excluding hydrogens is 462 g/mol. The van der Waals surface area contributed by atoms with E-state index in [1.54, 1.807) is 36.2 Å². The molecule has 0 saturated heterocycles. The molecule has 0 bridgehead atoms. The van der Waals surface area contributed by atoms with Gasteiger partial charge in [-0.3, -0.25) is 14.6 Å². The molecule has 0 aliphatic rings. The summed E-state index contributed by atoms with van der Waals surface area (Å²) in [5.74, 6) is -0.0244. The number of rotatable bonds is 12. The van der Waals surface area contributed by atoms with Crippen LogP contribution < -0.4 is 10.6 Å². The largest absolute Gasteiger partial charge is 0.443 e. The fourth-order valence-corrected chi connectivity index (χ4v) is 4.04. The number of ketones is 1. The van der Waals surface area contributed by atoms with Crippen LogP contribution in [0.5, 0.6) is 0 Å². The summed E-state index contributed by atoms with van der Waals surface area (Å²) in [5, 5.41) is 5.57. The van der Waals surface area contributed by atoms with Crippen LogP contribution in [-0.4, -0.2) is 45.4 Å². The third kappa shape index (κ3) is 11.4. The highest BCUT2D eigenvalue weighted by molar-refractivity contribution is 8.01. The third-order valence-corrected chi connectivity index (χ3v) is 6.32. The van der Waals surface area contributed by atoms with Gasteiger partial charge < -0.3 is 15.4 Å². The van der Waals surface area contributed by atoms with Crippen molar-refractivity contribution in [2.45, 2.75) is 70.9 Å². The number of benzene rings is 1. The van der Waals surface area contributed by atoms with E-state index in [4.69, 9.17) is 4.74 Å². The first-order chi connectivity index (χ1) is 16.5. The lowest BCUT2D eigenvalue weighted by Crippen LogP contribution is -2.53. The number of Topliss-reactive ketones (excluding diaryl/α,β-unsaturated/α-hetero) is 1. The van der Waals surface area contributed by atoms with Gasteiger partial charge in [-0.1, -0.05) is 71.0 Å². The number of nitrogens with zero attached hydrogens (tertiary/aromatic N) is 1. The van der Waals surface area contributed by atoms with Crippen molar-refractivity contribution in [3.8, 4) is 0 Å². The summed E-state index contributed by atoms with van der Waals surface area (Å²) < 4.78 is 5.18. The Balaban J connectivity index is 2.08. The Morgan fingerprint density at radius 1 is 0.971 bits per heavy atom. The lowest BCUT2D eigenvalue weighted by Gasteiger charge is -2.25.